The van der Waals surface area contributed by atoms with E-state index in [0.717, 1.165) is 51.1 Å². The quantitative estimate of drug-likeness (QED) is 0.806. The van der Waals surface area contributed by atoms with Gasteiger partial charge < -0.3 is 9.80 Å². The molecule has 1 atom stereocenters. The topological polar surface area (TPSA) is 26.8 Å². The molecule has 0 unspecified atom stereocenters. The molecule has 2 fully saturated rings. The largest absolute Gasteiger partial charge is 0.341 e. The monoisotopic (exact) mass is 361 g/mol. The summed E-state index contributed by atoms with van der Waals surface area (Å²) in [6.07, 6.45) is 6.49. The van der Waals surface area contributed by atoms with Crippen LogP contribution in [0.5, 0.6) is 0 Å². The molecule has 0 spiro atoms. The molecule has 26 heavy (non-hydrogen) atoms. The summed E-state index contributed by atoms with van der Waals surface area (Å²) >= 11 is 0. The Balaban J connectivity index is 1.43. The maximum absolute atomic E-state index is 13.0. The van der Waals surface area contributed by atoms with Gasteiger partial charge in [-0.25, -0.2) is 4.39 Å². The molecule has 144 valence electrons. The number of halogens is 1. The van der Waals surface area contributed by atoms with Crippen LogP contribution in [0.3, 0.4) is 0 Å². The number of carbonyl (C=O) groups is 1. The van der Waals surface area contributed by atoms with E-state index < -0.39 is 0 Å². The Hall–Kier alpha value is -1.46. The zero-order chi connectivity index (χ0) is 18.4. The highest BCUT2D eigenvalue weighted by molar-refractivity contribution is 5.76. The van der Waals surface area contributed by atoms with Gasteiger partial charge in [-0.15, -0.1) is 0 Å². The van der Waals surface area contributed by atoms with Crippen molar-refractivity contribution in [1.82, 2.24) is 14.7 Å². The SMILES string of the molecule is CN1CCCC[C@H]1CCC(=O)N1CCCN(Cc2ccc(F)cc2)CC1. The Bertz CT molecular complexity index is 577. The maximum atomic E-state index is 13.0. The Kier molecular flexibility index (Phi) is 7.03. The van der Waals surface area contributed by atoms with E-state index in [1.165, 1.54) is 37.9 Å². The molecule has 0 radical (unpaired) electrons. The second-order valence-corrected chi connectivity index (χ2v) is 7.81. The number of piperidine rings is 1. The third kappa shape index (κ3) is 5.52. The van der Waals surface area contributed by atoms with Crippen LogP contribution < -0.4 is 0 Å². The second kappa shape index (κ2) is 9.47. The highest BCUT2D eigenvalue weighted by Crippen LogP contribution is 2.20. The fraction of sp³-hybridized carbons (Fsp3) is 0.667. The molecule has 0 bridgehead atoms. The highest BCUT2D eigenvalue weighted by atomic mass is 19.1. The maximum Gasteiger partial charge on any atom is 0.222 e. The van der Waals surface area contributed by atoms with Crippen LogP contribution in [0.2, 0.25) is 0 Å². The van der Waals surface area contributed by atoms with Crippen LogP contribution in [0.15, 0.2) is 24.3 Å². The van der Waals surface area contributed by atoms with Crippen LogP contribution in [0.4, 0.5) is 4.39 Å². The van der Waals surface area contributed by atoms with Crippen LogP contribution in [-0.2, 0) is 11.3 Å². The first kappa shape index (κ1) is 19.3. The summed E-state index contributed by atoms with van der Waals surface area (Å²) in [7, 11) is 2.19. The summed E-state index contributed by atoms with van der Waals surface area (Å²) < 4.78 is 13.0. The third-order valence-electron chi connectivity index (χ3n) is 5.87. The number of carbonyl (C=O) groups excluding carboxylic acids is 1. The normalized spacial score (nSPS) is 23.0. The zero-order valence-corrected chi connectivity index (χ0v) is 16.0. The fourth-order valence-electron chi connectivity index (χ4n) is 4.18. The first-order chi connectivity index (χ1) is 12.6. The van der Waals surface area contributed by atoms with E-state index in [2.05, 4.69) is 16.8 Å². The number of hydrogen-bond acceptors (Lipinski definition) is 3. The molecule has 4 nitrogen and oxygen atoms in total. The van der Waals surface area contributed by atoms with Crippen molar-refractivity contribution in [1.29, 1.82) is 0 Å². The molecule has 5 heteroatoms. The minimum atomic E-state index is -0.190. The van der Waals surface area contributed by atoms with Crippen molar-refractivity contribution >= 4 is 5.91 Å². The summed E-state index contributed by atoms with van der Waals surface area (Å²) in [6.45, 7) is 5.55. The molecule has 2 aliphatic heterocycles. The van der Waals surface area contributed by atoms with Crippen molar-refractivity contribution in [3.63, 3.8) is 0 Å². The Morgan fingerprint density at radius 1 is 1.04 bits per heavy atom. The van der Waals surface area contributed by atoms with E-state index in [1.54, 1.807) is 0 Å². The summed E-state index contributed by atoms with van der Waals surface area (Å²) in [4.78, 5) is 19.5. The number of likely N-dealkylation sites (tertiary alicyclic amines) is 1. The third-order valence-corrected chi connectivity index (χ3v) is 5.87. The number of hydrogen-bond donors (Lipinski definition) is 0. The molecule has 1 aromatic rings. The van der Waals surface area contributed by atoms with E-state index in [-0.39, 0.29) is 5.82 Å². The van der Waals surface area contributed by atoms with E-state index in [9.17, 15) is 9.18 Å². The fourth-order valence-corrected chi connectivity index (χ4v) is 4.18. The van der Waals surface area contributed by atoms with E-state index in [1.807, 2.05) is 17.0 Å². The lowest BCUT2D eigenvalue weighted by Gasteiger charge is -2.32. The van der Waals surface area contributed by atoms with Gasteiger partial charge in [0.25, 0.3) is 0 Å². The van der Waals surface area contributed by atoms with Gasteiger partial charge >= 0.3 is 0 Å². The average molecular weight is 362 g/mol. The van der Waals surface area contributed by atoms with Crippen molar-refractivity contribution in [2.75, 3.05) is 39.8 Å². The molecule has 2 heterocycles. The Labute approximate surface area is 157 Å². The summed E-state index contributed by atoms with van der Waals surface area (Å²) in [5, 5.41) is 0. The van der Waals surface area contributed by atoms with Crippen LogP contribution >= 0.6 is 0 Å². The van der Waals surface area contributed by atoms with Crippen molar-refractivity contribution in [3.05, 3.63) is 35.6 Å². The Morgan fingerprint density at radius 2 is 1.85 bits per heavy atom. The number of nitrogens with zero attached hydrogens (tertiary/aromatic N) is 3. The van der Waals surface area contributed by atoms with Gasteiger partial charge in [0.1, 0.15) is 5.82 Å². The molecule has 0 aliphatic carbocycles. The van der Waals surface area contributed by atoms with Gasteiger partial charge in [0.2, 0.25) is 5.91 Å². The van der Waals surface area contributed by atoms with Crippen molar-refractivity contribution in [2.24, 2.45) is 0 Å². The molecule has 1 aromatic carbocycles. The minimum Gasteiger partial charge on any atom is -0.341 e. The predicted octanol–water partition coefficient (Wildman–Crippen LogP) is 3.12. The van der Waals surface area contributed by atoms with Crippen LogP contribution in [0.1, 0.15) is 44.1 Å². The van der Waals surface area contributed by atoms with E-state index in [4.69, 9.17) is 0 Å². The smallest absolute Gasteiger partial charge is 0.222 e. The van der Waals surface area contributed by atoms with Gasteiger partial charge in [0.15, 0.2) is 0 Å². The zero-order valence-electron chi connectivity index (χ0n) is 16.0. The number of amides is 1. The summed E-state index contributed by atoms with van der Waals surface area (Å²) in [6, 6.07) is 7.32. The number of benzene rings is 1. The van der Waals surface area contributed by atoms with Gasteiger partial charge in [-0.3, -0.25) is 9.69 Å². The van der Waals surface area contributed by atoms with Gasteiger partial charge in [0.05, 0.1) is 0 Å². The van der Waals surface area contributed by atoms with Gasteiger partial charge in [-0.2, -0.15) is 0 Å². The summed E-state index contributed by atoms with van der Waals surface area (Å²) in [5.41, 5.74) is 1.13. The van der Waals surface area contributed by atoms with Crippen LogP contribution in [0.25, 0.3) is 0 Å². The molecule has 0 saturated carbocycles. The first-order valence-corrected chi connectivity index (χ1v) is 10.1. The van der Waals surface area contributed by atoms with E-state index >= 15 is 0 Å². The van der Waals surface area contributed by atoms with Gasteiger partial charge in [-0.05, 0) is 57.0 Å². The van der Waals surface area contributed by atoms with E-state index in [0.29, 0.717) is 18.4 Å². The second-order valence-electron chi connectivity index (χ2n) is 7.81. The molecular weight excluding hydrogens is 329 g/mol. The predicted molar refractivity (Wildman–Crippen MR) is 102 cm³/mol. The van der Waals surface area contributed by atoms with Crippen molar-refractivity contribution in [3.8, 4) is 0 Å². The van der Waals surface area contributed by atoms with Crippen LogP contribution in [0, 0.1) is 5.82 Å². The lowest BCUT2D eigenvalue weighted by atomic mass is 9.98. The van der Waals surface area contributed by atoms with Gasteiger partial charge in [-0.1, -0.05) is 18.6 Å². The van der Waals surface area contributed by atoms with Gasteiger partial charge in [0, 0.05) is 45.2 Å². The molecule has 2 saturated heterocycles. The van der Waals surface area contributed by atoms with Crippen LogP contribution in [-0.4, -0.2) is 66.4 Å². The number of rotatable bonds is 5. The minimum absolute atomic E-state index is 0.190. The first-order valence-electron chi connectivity index (χ1n) is 10.1. The molecule has 0 aromatic heterocycles. The Morgan fingerprint density at radius 3 is 2.62 bits per heavy atom. The molecule has 2 aliphatic rings. The van der Waals surface area contributed by atoms with Crippen molar-refractivity contribution < 1.29 is 9.18 Å². The lowest BCUT2D eigenvalue weighted by molar-refractivity contribution is -0.131. The lowest BCUT2D eigenvalue weighted by Crippen LogP contribution is -2.39. The molecule has 1 amide bonds. The standard InChI is InChI=1S/C21H32FN3O/c1-23-12-3-2-5-20(23)10-11-21(26)25-14-4-13-24(15-16-25)17-18-6-8-19(22)9-7-18/h6-9,20H,2-5,10-17H2,1H3/t20-/m0/s1. The summed E-state index contributed by atoms with van der Waals surface area (Å²) in [5.74, 6) is 0.123. The average Bonchev–Trinajstić information content (AvgIpc) is 2.88. The molecule has 0 N–H and O–H groups in total. The van der Waals surface area contributed by atoms with Crippen molar-refractivity contribution in [2.45, 2.75) is 51.1 Å². The molecular formula is C21H32FN3O. The highest BCUT2D eigenvalue weighted by Gasteiger charge is 2.23. The molecule has 3 rings (SSSR count).